The van der Waals surface area contributed by atoms with Gasteiger partial charge < -0.3 is 4.74 Å². The van der Waals surface area contributed by atoms with Gasteiger partial charge >= 0.3 is 5.97 Å². The summed E-state index contributed by atoms with van der Waals surface area (Å²) in [5, 5.41) is 1.97. The third kappa shape index (κ3) is 2.59. The number of hydrogen-bond acceptors (Lipinski definition) is 4. The van der Waals surface area contributed by atoms with Crippen LogP contribution in [0.4, 0.5) is 4.39 Å². The summed E-state index contributed by atoms with van der Waals surface area (Å²) in [5.74, 6) is -0.329. The summed E-state index contributed by atoms with van der Waals surface area (Å²) in [4.78, 5) is 17.4. The lowest BCUT2D eigenvalue weighted by atomic mass is 9.96. The molecule has 0 atom stereocenters. The van der Waals surface area contributed by atoms with E-state index in [4.69, 9.17) is 9.72 Å². The molecule has 24 heavy (non-hydrogen) atoms. The molecule has 0 unspecified atom stereocenters. The molecule has 0 saturated heterocycles. The molecule has 5 heteroatoms. The van der Waals surface area contributed by atoms with Gasteiger partial charge in [-0.2, -0.15) is 0 Å². The van der Waals surface area contributed by atoms with E-state index in [-0.39, 0.29) is 11.8 Å². The first-order chi connectivity index (χ1) is 11.7. The Morgan fingerprint density at radius 2 is 2.04 bits per heavy atom. The molecular weight excluding hydrogens is 325 g/mol. The summed E-state index contributed by atoms with van der Waals surface area (Å²) in [5.41, 5.74) is 3.88. The number of thiophene rings is 1. The molecule has 2 aromatic heterocycles. The van der Waals surface area contributed by atoms with E-state index in [0.717, 1.165) is 39.9 Å². The van der Waals surface area contributed by atoms with Gasteiger partial charge in [-0.3, -0.25) is 4.98 Å². The Kier molecular flexibility index (Phi) is 3.81. The SMILES string of the molecule is CCOC(=O)c1c(C2CC2)nc2ccsc2c1-c1ccc(F)cc1. The van der Waals surface area contributed by atoms with Crippen LogP contribution in [0.25, 0.3) is 21.3 Å². The van der Waals surface area contributed by atoms with Gasteiger partial charge in [0.15, 0.2) is 0 Å². The predicted molar refractivity (Wildman–Crippen MR) is 92.9 cm³/mol. The monoisotopic (exact) mass is 341 g/mol. The third-order valence-electron chi connectivity index (χ3n) is 4.20. The first-order valence-electron chi connectivity index (χ1n) is 8.03. The van der Waals surface area contributed by atoms with E-state index < -0.39 is 0 Å². The molecule has 0 radical (unpaired) electrons. The topological polar surface area (TPSA) is 39.2 Å². The fraction of sp³-hybridized carbons (Fsp3) is 0.263. The number of fused-ring (bicyclic) bond motifs is 1. The van der Waals surface area contributed by atoms with Gasteiger partial charge in [0.2, 0.25) is 0 Å². The summed E-state index contributed by atoms with van der Waals surface area (Å²) < 4.78 is 19.6. The molecule has 3 nitrogen and oxygen atoms in total. The number of esters is 1. The Bertz CT molecular complexity index is 913. The average Bonchev–Trinajstić information content (AvgIpc) is 3.32. The standard InChI is InChI=1S/C19H16FNO2S/c1-2-23-19(22)16-15(11-5-7-13(20)8-6-11)18-14(9-10-24-18)21-17(16)12-3-4-12/h5-10,12H,2-4H2,1H3. The van der Waals surface area contributed by atoms with Gasteiger partial charge in [0.1, 0.15) is 5.82 Å². The molecule has 122 valence electrons. The number of hydrogen-bond donors (Lipinski definition) is 0. The van der Waals surface area contributed by atoms with Crippen LogP contribution in [0.15, 0.2) is 35.7 Å². The summed E-state index contributed by atoms with van der Waals surface area (Å²) in [6, 6.07) is 8.22. The average molecular weight is 341 g/mol. The second-order valence-electron chi connectivity index (χ2n) is 5.88. The molecular formula is C19H16FNO2S. The quantitative estimate of drug-likeness (QED) is 0.616. The van der Waals surface area contributed by atoms with Gasteiger partial charge in [-0.25, -0.2) is 9.18 Å². The molecule has 0 N–H and O–H groups in total. The van der Waals surface area contributed by atoms with Crippen LogP contribution in [0.1, 0.15) is 41.7 Å². The van der Waals surface area contributed by atoms with E-state index in [9.17, 15) is 9.18 Å². The van der Waals surface area contributed by atoms with Crippen molar-refractivity contribution in [2.24, 2.45) is 0 Å². The van der Waals surface area contributed by atoms with E-state index in [1.54, 1.807) is 19.1 Å². The first-order valence-corrected chi connectivity index (χ1v) is 8.91. The fourth-order valence-electron chi connectivity index (χ4n) is 2.96. The molecule has 4 rings (SSSR count). The van der Waals surface area contributed by atoms with Crippen molar-refractivity contribution in [1.29, 1.82) is 0 Å². The van der Waals surface area contributed by atoms with Crippen molar-refractivity contribution in [3.8, 4) is 11.1 Å². The third-order valence-corrected chi connectivity index (χ3v) is 5.12. The fourth-order valence-corrected chi connectivity index (χ4v) is 3.86. The van der Waals surface area contributed by atoms with E-state index in [1.165, 1.54) is 23.5 Å². The number of nitrogens with zero attached hydrogens (tertiary/aromatic N) is 1. The van der Waals surface area contributed by atoms with Crippen molar-refractivity contribution in [2.45, 2.75) is 25.7 Å². The van der Waals surface area contributed by atoms with Crippen LogP contribution in [0.3, 0.4) is 0 Å². The van der Waals surface area contributed by atoms with Gasteiger partial charge in [-0.05, 0) is 48.9 Å². The van der Waals surface area contributed by atoms with Crippen LogP contribution in [0, 0.1) is 5.82 Å². The smallest absolute Gasteiger partial charge is 0.340 e. The zero-order chi connectivity index (χ0) is 16.7. The normalized spacial score (nSPS) is 14.1. The number of rotatable bonds is 4. The van der Waals surface area contributed by atoms with Crippen LogP contribution < -0.4 is 0 Å². The Balaban J connectivity index is 2.03. The second-order valence-corrected chi connectivity index (χ2v) is 6.80. The molecule has 0 spiro atoms. The van der Waals surface area contributed by atoms with Gasteiger partial charge in [0.05, 0.1) is 28.1 Å². The van der Waals surface area contributed by atoms with Gasteiger partial charge in [-0.15, -0.1) is 11.3 Å². The number of halogens is 1. The lowest BCUT2D eigenvalue weighted by Gasteiger charge is -2.14. The molecule has 2 heterocycles. The number of carbonyl (C=O) groups excluding carboxylic acids is 1. The maximum atomic E-state index is 13.4. The van der Waals surface area contributed by atoms with Crippen molar-refractivity contribution in [3.63, 3.8) is 0 Å². The maximum absolute atomic E-state index is 13.4. The van der Waals surface area contributed by atoms with E-state index in [2.05, 4.69) is 0 Å². The van der Waals surface area contributed by atoms with Crippen molar-refractivity contribution in [2.75, 3.05) is 6.61 Å². The van der Waals surface area contributed by atoms with Crippen molar-refractivity contribution < 1.29 is 13.9 Å². The minimum Gasteiger partial charge on any atom is -0.462 e. The second kappa shape index (κ2) is 5.98. The van der Waals surface area contributed by atoms with Crippen LogP contribution in [-0.2, 0) is 4.74 Å². The molecule has 1 aliphatic carbocycles. The molecule has 3 aromatic rings. The Morgan fingerprint density at radius 1 is 1.29 bits per heavy atom. The Hall–Kier alpha value is -2.27. The van der Waals surface area contributed by atoms with E-state index >= 15 is 0 Å². The van der Waals surface area contributed by atoms with Crippen molar-refractivity contribution >= 4 is 27.5 Å². The maximum Gasteiger partial charge on any atom is 0.340 e. The molecule has 1 fully saturated rings. The molecule has 0 aliphatic heterocycles. The Labute approximate surface area is 143 Å². The zero-order valence-electron chi connectivity index (χ0n) is 13.2. The van der Waals surface area contributed by atoms with Gasteiger partial charge in [0, 0.05) is 11.5 Å². The summed E-state index contributed by atoms with van der Waals surface area (Å²) in [7, 11) is 0. The number of aromatic nitrogens is 1. The van der Waals surface area contributed by atoms with Crippen molar-refractivity contribution in [3.05, 3.63) is 52.8 Å². The molecule has 0 bridgehead atoms. The predicted octanol–water partition coefficient (Wildman–Crippen LogP) is 5.16. The molecule has 1 saturated carbocycles. The summed E-state index contributed by atoms with van der Waals surface area (Å²) in [6.07, 6.45) is 2.08. The minimum atomic E-state index is -0.346. The highest BCUT2D eigenvalue weighted by Crippen LogP contribution is 2.46. The largest absolute Gasteiger partial charge is 0.462 e. The van der Waals surface area contributed by atoms with Crippen LogP contribution >= 0.6 is 11.3 Å². The minimum absolute atomic E-state index is 0.296. The van der Waals surface area contributed by atoms with Crippen LogP contribution in [0.2, 0.25) is 0 Å². The van der Waals surface area contributed by atoms with Gasteiger partial charge in [0.25, 0.3) is 0 Å². The lowest BCUT2D eigenvalue weighted by molar-refractivity contribution is 0.0525. The zero-order valence-corrected chi connectivity index (χ0v) is 14.0. The van der Waals surface area contributed by atoms with Crippen LogP contribution in [0.5, 0.6) is 0 Å². The first kappa shape index (κ1) is 15.3. The van der Waals surface area contributed by atoms with E-state index in [0.29, 0.717) is 18.1 Å². The van der Waals surface area contributed by atoms with Crippen LogP contribution in [-0.4, -0.2) is 17.6 Å². The van der Waals surface area contributed by atoms with Gasteiger partial charge in [-0.1, -0.05) is 12.1 Å². The summed E-state index contributed by atoms with van der Waals surface area (Å²) >= 11 is 1.54. The number of carbonyl (C=O) groups is 1. The number of benzene rings is 1. The highest BCUT2D eigenvalue weighted by molar-refractivity contribution is 7.17. The molecule has 0 amide bonds. The molecule has 1 aliphatic rings. The lowest BCUT2D eigenvalue weighted by Crippen LogP contribution is -2.11. The number of pyridine rings is 1. The highest BCUT2D eigenvalue weighted by atomic mass is 32.1. The van der Waals surface area contributed by atoms with E-state index in [1.807, 2.05) is 11.4 Å². The van der Waals surface area contributed by atoms with Crippen molar-refractivity contribution in [1.82, 2.24) is 4.98 Å². The highest BCUT2D eigenvalue weighted by Gasteiger charge is 2.33. The number of ether oxygens (including phenoxy) is 1. The molecule has 1 aromatic carbocycles. The summed E-state index contributed by atoms with van der Waals surface area (Å²) in [6.45, 7) is 2.11. The Morgan fingerprint density at radius 3 is 2.71 bits per heavy atom.